The van der Waals surface area contributed by atoms with Gasteiger partial charge in [-0.2, -0.15) is 0 Å². The van der Waals surface area contributed by atoms with E-state index in [2.05, 4.69) is 49.1 Å². The molecule has 4 rings (SSSR count). The normalized spacial score (nSPS) is 12.0. The lowest BCUT2D eigenvalue weighted by atomic mass is 9.83. The molecule has 1 aliphatic rings. The van der Waals surface area contributed by atoms with E-state index in [0.717, 1.165) is 24.5 Å². The molecule has 0 nitrogen and oxygen atoms in total. The summed E-state index contributed by atoms with van der Waals surface area (Å²) in [5, 5.41) is 0. The Hall–Kier alpha value is -2.92. The van der Waals surface area contributed by atoms with Crippen LogP contribution in [0.25, 0.3) is 11.1 Å². The van der Waals surface area contributed by atoms with E-state index in [1.54, 1.807) is 0 Å². The standard InChI is InChI=1S/C29H28F2/c1-2-3-4-5-6-7-21-10-14-28-24(16-21)12-13-25-17-22(11-15-29(25)28)8-9-23-18-26(30)20-27(31)19-23/h10-11,14-20H,2-7,12-13H2,1H3. The van der Waals surface area contributed by atoms with E-state index >= 15 is 0 Å². The third-order valence-corrected chi connectivity index (χ3v) is 6.01. The maximum atomic E-state index is 13.4. The Morgan fingerprint density at radius 3 is 2.06 bits per heavy atom. The third-order valence-electron chi connectivity index (χ3n) is 6.01. The zero-order valence-electron chi connectivity index (χ0n) is 18.1. The van der Waals surface area contributed by atoms with Gasteiger partial charge in [0.1, 0.15) is 11.6 Å². The number of fused-ring (bicyclic) bond motifs is 3. The van der Waals surface area contributed by atoms with Crippen molar-refractivity contribution in [1.82, 2.24) is 0 Å². The molecule has 0 amide bonds. The fourth-order valence-electron chi connectivity index (χ4n) is 4.39. The molecule has 2 heteroatoms. The average molecular weight is 415 g/mol. The van der Waals surface area contributed by atoms with Crippen molar-refractivity contribution in [2.45, 2.75) is 58.3 Å². The van der Waals surface area contributed by atoms with Crippen LogP contribution < -0.4 is 0 Å². The van der Waals surface area contributed by atoms with Gasteiger partial charge in [0.15, 0.2) is 0 Å². The second kappa shape index (κ2) is 9.92. The maximum absolute atomic E-state index is 13.4. The van der Waals surface area contributed by atoms with Gasteiger partial charge >= 0.3 is 0 Å². The number of hydrogen-bond donors (Lipinski definition) is 0. The van der Waals surface area contributed by atoms with Crippen LogP contribution >= 0.6 is 0 Å². The van der Waals surface area contributed by atoms with E-state index in [9.17, 15) is 8.78 Å². The molecule has 0 saturated carbocycles. The van der Waals surface area contributed by atoms with E-state index in [-0.39, 0.29) is 0 Å². The highest BCUT2D eigenvalue weighted by molar-refractivity contribution is 5.74. The van der Waals surface area contributed by atoms with Crippen molar-refractivity contribution in [2.24, 2.45) is 0 Å². The topological polar surface area (TPSA) is 0 Å². The molecule has 0 atom stereocenters. The fraction of sp³-hybridized carbons (Fsp3) is 0.310. The lowest BCUT2D eigenvalue weighted by Gasteiger charge is -2.21. The van der Waals surface area contributed by atoms with Crippen molar-refractivity contribution < 1.29 is 8.78 Å². The summed E-state index contributed by atoms with van der Waals surface area (Å²) in [4.78, 5) is 0. The summed E-state index contributed by atoms with van der Waals surface area (Å²) in [7, 11) is 0. The molecule has 0 saturated heterocycles. The van der Waals surface area contributed by atoms with Crippen LogP contribution in [0.15, 0.2) is 54.6 Å². The molecule has 0 aromatic heterocycles. The molecule has 158 valence electrons. The number of halogens is 2. The quantitative estimate of drug-likeness (QED) is 0.287. The molecule has 31 heavy (non-hydrogen) atoms. The second-order valence-electron chi connectivity index (χ2n) is 8.44. The summed E-state index contributed by atoms with van der Waals surface area (Å²) in [6.45, 7) is 2.25. The Morgan fingerprint density at radius 2 is 1.32 bits per heavy atom. The summed E-state index contributed by atoms with van der Waals surface area (Å²) in [5.41, 5.74) is 7.99. The minimum absolute atomic E-state index is 0.350. The third kappa shape index (κ3) is 5.42. The molecule has 0 spiro atoms. The van der Waals surface area contributed by atoms with E-state index in [1.165, 1.54) is 78.5 Å². The van der Waals surface area contributed by atoms with Crippen LogP contribution in [0.3, 0.4) is 0 Å². The highest BCUT2D eigenvalue weighted by Crippen LogP contribution is 2.34. The molecule has 1 aliphatic carbocycles. The summed E-state index contributed by atoms with van der Waals surface area (Å²) < 4.78 is 26.7. The average Bonchev–Trinajstić information content (AvgIpc) is 2.76. The molecule has 0 unspecified atom stereocenters. The smallest absolute Gasteiger partial charge is 0.127 e. The van der Waals surface area contributed by atoms with Gasteiger partial charge in [-0.15, -0.1) is 0 Å². The van der Waals surface area contributed by atoms with Crippen LogP contribution in [0.2, 0.25) is 0 Å². The van der Waals surface area contributed by atoms with E-state index in [1.807, 2.05) is 6.07 Å². The lowest BCUT2D eigenvalue weighted by Crippen LogP contribution is -2.05. The van der Waals surface area contributed by atoms with Crippen molar-refractivity contribution in [2.75, 3.05) is 0 Å². The first-order valence-corrected chi connectivity index (χ1v) is 11.4. The Kier molecular flexibility index (Phi) is 6.82. The van der Waals surface area contributed by atoms with Crippen molar-refractivity contribution in [3.8, 4) is 23.0 Å². The Bertz CT molecular complexity index is 1110. The van der Waals surface area contributed by atoms with E-state index < -0.39 is 11.6 Å². The van der Waals surface area contributed by atoms with Crippen LogP contribution in [0.5, 0.6) is 0 Å². The number of rotatable bonds is 6. The van der Waals surface area contributed by atoms with Gasteiger partial charge < -0.3 is 0 Å². The van der Waals surface area contributed by atoms with Crippen LogP contribution in [-0.2, 0) is 19.3 Å². The Balaban J connectivity index is 1.49. The lowest BCUT2D eigenvalue weighted by molar-refractivity contribution is 0.582. The van der Waals surface area contributed by atoms with Gasteiger partial charge in [-0.05, 0) is 77.8 Å². The SMILES string of the molecule is CCCCCCCc1ccc2c(c1)CCc1cc(C#Cc3cc(F)cc(F)c3)ccc1-2. The van der Waals surface area contributed by atoms with Crippen LogP contribution in [0, 0.1) is 23.5 Å². The zero-order chi connectivity index (χ0) is 21.6. The van der Waals surface area contributed by atoms with Gasteiger partial charge in [-0.25, -0.2) is 8.78 Å². The van der Waals surface area contributed by atoms with Gasteiger partial charge in [-0.3, -0.25) is 0 Å². The first-order chi connectivity index (χ1) is 15.1. The molecule has 0 heterocycles. The predicted octanol–water partition coefficient (Wildman–Crippen LogP) is 7.64. The highest BCUT2D eigenvalue weighted by Gasteiger charge is 2.16. The molecule has 3 aromatic rings. The van der Waals surface area contributed by atoms with Gasteiger partial charge in [0.05, 0.1) is 0 Å². The summed E-state index contributed by atoms with van der Waals surface area (Å²) >= 11 is 0. The van der Waals surface area contributed by atoms with Crippen LogP contribution in [0.1, 0.15) is 66.8 Å². The van der Waals surface area contributed by atoms with E-state index in [4.69, 9.17) is 0 Å². The molecule has 0 radical (unpaired) electrons. The van der Waals surface area contributed by atoms with Gasteiger partial charge in [-0.1, -0.05) is 68.7 Å². The molecule has 0 aliphatic heterocycles. The number of aryl methyl sites for hydroxylation is 3. The van der Waals surface area contributed by atoms with Crippen molar-refractivity contribution >= 4 is 0 Å². The number of unbranched alkanes of at least 4 members (excludes halogenated alkanes) is 4. The van der Waals surface area contributed by atoms with Gasteiger partial charge in [0, 0.05) is 17.2 Å². The fourth-order valence-corrected chi connectivity index (χ4v) is 4.39. The molecule has 0 N–H and O–H groups in total. The number of benzene rings is 3. The molecule has 0 fully saturated rings. The first kappa shape index (κ1) is 21.3. The molecular weight excluding hydrogens is 386 g/mol. The van der Waals surface area contributed by atoms with Crippen molar-refractivity contribution in [3.05, 3.63) is 94.0 Å². The summed E-state index contributed by atoms with van der Waals surface area (Å²) in [6.07, 6.45) is 9.76. The van der Waals surface area contributed by atoms with Crippen LogP contribution in [-0.4, -0.2) is 0 Å². The highest BCUT2D eigenvalue weighted by atomic mass is 19.1. The molecular formula is C29H28F2. The largest absolute Gasteiger partial charge is 0.207 e. The summed E-state index contributed by atoms with van der Waals surface area (Å²) in [6, 6.07) is 16.6. The Labute approximate surface area is 184 Å². The monoisotopic (exact) mass is 414 g/mol. The van der Waals surface area contributed by atoms with Crippen LogP contribution in [0.4, 0.5) is 8.78 Å². The maximum Gasteiger partial charge on any atom is 0.127 e. The number of hydrogen-bond acceptors (Lipinski definition) is 0. The van der Waals surface area contributed by atoms with Crippen molar-refractivity contribution in [3.63, 3.8) is 0 Å². The molecule has 0 bridgehead atoms. The van der Waals surface area contributed by atoms with Gasteiger partial charge in [0.25, 0.3) is 0 Å². The predicted molar refractivity (Wildman–Crippen MR) is 124 cm³/mol. The minimum Gasteiger partial charge on any atom is -0.207 e. The second-order valence-corrected chi connectivity index (χ2v) is 8.44. The molecule has 3 aromatic carbocycles. The van der Waals surface area contributed by atoms with E-state index in [0.29, 0.717) is 5.56 Å². The zero-order valence-corrected chi connectivity index (χ0v) is 18.1. The first-order valence-electron chi connectivity index (χ1n) is 11.4. The van der Waals surface area contributed by atoms with Crippen molar-refractivity contribution in [1.29, 1.82) is 0 Å². The Morgan fingerprint density at radius 1 is 0.677 bits per heavy atom. The summed E-state index contributed by atoms with van der Waals surface area (Å²) in [5.74, 6) is 4.72. The van der Waals surface area contributed by atoms with Gasteiger partial charge in [0.2, 0.25) is 0 Å². The minimum atomic E-state index is -0.605.